The van der Waals surface area contributed by atoms with Gasteiger partial charge < -0.3 is 15.5 Å². The topological polar surface area (TPSA) is 107 Å². The summed E-state index contributed by atoms with van der Waals surface area (Å²) in [5.41, 5.74) is 0.570. The number of anilines is 1. The highest BCUT2D eigenvalue weighted by Gasteiger charge is 2.39. The van der Waals surface area contributed by atoms with Gasteiger partial charge in [0.1, 0.15) is 12.1 Å². The van der Waals surface area contributed by atoms with Gasteiger partial charge in [-0.2, -0.15) is 0 Å². The van der Waals surface area contributed by atoms with Crippen LogP contribution in [0, 0.1) is 11.8 Å². The summed E-state index contributed by atoms with van der Waals surface area (Å²) >= 11 is 0. The molecule has 0 aromatic heterocycles. The van der Waals surface area contributed by atoms with Gasteiger partial charge in [0.05, 0.1) is 6.54 Å². The van der Waals surface area contributed by atoms with Gasteiger partial charge >= 0.3 is 11.9 Å². The number of hydrogen-bond donors (Lipinski definition) is 3. The van der Waals surface area contributed by atoms with Crippen LogP contribution in [0.3, 0.4) is 0 Å². The van der Waals surface area contributed by atoms with E-state index in [1.165, 1.54) is 4.90 Å². The first-order valence-corrected chi connectivity index (χ1v) is 8.21. The Hall–Kier alpha value is -2.41. The molecule has 138 valence electrons. The number of nitrogens with zero attached hydrogens (tertiary/aromatic N) is 1. The monoisotopic (exact) mass is 350 g/mol. The number of rotatable bonds is 9. The normalized spacial score (nSPS) is 13.7. The van der Waals surface area contributed by atoms with Gasteiger partial charge in [0.2, 0.25) is 5.91 Å². The van der Waals surface area contributed by atoms with E-state index in [2.05, 4.69) is 5.32 Å². The highest BCUT2D eigenvalue weighted by molar-refractivity contribution is 5.93. The summed E-state index contributed by atoms with van der Waals surface area (Å²) in [6, 6.07) is 6.58. The molecule has 25 heavy (non-hydrogen) atoms. The van der Waals surface area contributed by atoms with Crippen molar-refractivity contribution in [2.24, 2.45) is 11.8 Å². The highest BCUT2D eigenvalue weighted by Crippen LogP contribution is 2.20. The van der Waals surface area contributed by atoms with Crippen LogP contribution in [0.25, 0.3) is 0 Å². The number of carbonyl (C=O) groups excluding carboxylic acids is 1. The van der Waals surface area contributed by atoms with Gasteiger partial charge in [0.25, 0.3) is 0 Å². The van der Waals surface area contributed by atoms with Crippen LogP contribution in [-0.4, -0.2) is 51.6 Å². The summed E-state index contributed by atoms with van der Waals surface area (Å²) in [6.07, 6.45) is 0. The molecule has 0 radical (unpaired) electrons. The van der Waals surface area contributed by atoms with Crippen LogP contribution in [0.2, 0.25) is 0 Å². The van der Waals surface area contributed by atoms with Crippen LogP contribution in [-0.2, 0) is 14.4 Å². The van der Waals surface area contributed by atoms with Crippen molar-refractivity contribution in [1.29, 1.82) is 0 Å². The molecule has 1 amide bonds. The first kappa shape index (κ1) is 20.6. The summed E-state index contributed by atoms with van der Waals surface area (Å²) < 4.78 is 0. The number of aliphatic carboxylic acids is 2. The van der Waals surface area contributed by atoms with Gasteiger partial charge in [-0.05, 0) is 24.0 Å². The molecule has 0 fully saturated rings. The number of carboxylic acids is 2. The summed E-state index contributed by atoms with van der Waals surface area (Å²) in [4.78, 5) is 37.1. The van der Waals surface area contributed by atoms with Crippen LogP contribution in [0.1, 0.15) is 27.7 Å². The molecule has 2 unspecified atom stereocenters. The molecule has 0 aliphatic carbocycles. The Morgan fingerprint density at radius 3 is 1.72 bits per heavy atom. The Kier molecular flexibility index (Phi) is 7.57. The smallest absolute Gasteiger partial charge is 0.321 e. The van der Waals surface area contributed by atoms with Gasteiger partial charge in [-0.3, -0.25) is 19.3 Å². The number of hydrogen-bond acceptors (Lipinski definition) is 4. The molecular weight excluding hydrogens is 324 g/mol. The standard InChI is InChI=1S/C18H26N2O5/c1-11(2)15(17(22)23)20(16(12(3)4)18(24)25)10-14(21)19-13-8-6-5-7-9-13/h5-9,11-12,15-16H,10H2,1-4H3,(H,19,21)(H,22,23)(H,24,25). The van der Waals surface area contributed by atoms with E-state index in [9.17, 15) is 24.6 Å². The average molecular weight is 350 g/mol. The predicted octanol–water partition coefficient (Wildman–Crippen LogP) is 2.15. The Balaban J connectivity index is 3.10. The van der Waals surface area contributed by atoms with Gasteiger partial charge in [0.15, 0.2) is 0 Å². The summed E-state index contributed by atoms with van der Waals surface area (Å²) in [7, 11) is 0. The van der Waals surface area contributed by atoms with E-state index in [1.54, 1.807) is 58.0 Å². The summed E-state index contributed by atoms with van der Waals surface area (Å²) in [6.45, 7) is 6.46. The van der Waals surface area contributed by atoms with Crippen molar-refractivity contribution in [1.82, 2.24) is 4.90 Å². The Labute approximate surface area is 147 Å². The first-order valence-electron chi connectivity index (χ1n) is 8.21. The van der Waals surface area contributed by atoms with Crippen molar-refractivity contribution in [2.75, 3.05) is 11.9 Å². The lowest BCUT2D eigenvalue weighted by Gasteiger charge is -2.37. The molecule has 0 spiro atoms. The van der Waals surface area contributed by atoms with E-state index in [1.807, 2.05) is 0 Å². The fraction of sp³-hybridized carbons (Fsp3) is 0.500. The van der Waals surface area contributed by atoms with Gasteiger partial charge in [-0.1, -0.05) is 45.9 Å². The predicted molar refractivity (Wildman–Crippen MR) is 94.3 cm³/mol. The molecule has 0 heterocycles. The first-order chi connectivity index (χ1) is 11.6. The minimum atomic E-state index is -1.14. The van der Waals surface area contributed by atoms with Crippen LogP contribution in [0.5, 0.6) is 0 Å². The molecule has 7 nitrogen and oxygen atoms in total. The molecule has 7 heteroatoms. The zero-order chi connectivity index (χ0) is 19.1. The van der Waals surface area contributed by atoms with Crippen molar-refractivity contribution in [3.63, 3.8) is 0 Å². The van der Waals surface area contributed by atoms with E-state index >= 15 is 0 Å². The number of carboxylic acid groups (broad SMARTS) is 2. The van der Waals surface area contributed by atoms with E-state index in [4.69, 9.17) is 0 Å². The molecule has 0 saturated carbocycles. The van der Waals surface area contributed by atoms with Crippen LogP contribution in [0.15, 0.2) is 30.3 Å². The van der Waals surface area contributed by atoms with E-state index in [-0.39, 0.29) is 18.4 Å². The van der Waals surface area contributed by atoms with Gasteiger partial charge in [-0.25, -0.2) is 0 Å². The van der Waals surface area contributed by atoms with E-state index < -0.39 is 29.9 Å². The number of nitrogens with one attached hydrogen (secondary N) is 1. The third-order valence-electron chi connectivity index (χ3n) is 3.87. The second-order valence-corrected chi connectivity index (χ2v) is 6.64. The maximum Gasteiger partial charge on any atom is 0.321 e. The summed E-state index contributed by atoms with van der Waals surface area (Å²) in [5, 5.41) is 21.8. The van der Waals surface area contributed by atoms with Crippen molar-refractivity contribution in [3.8, 4) is 0 Å². The van der Waals surface area contributed by atoms with Crippen molar-refractivity contribution >= 4 is 23.5 Å². The lowest BCUT2D eigenvalue weighted by molar-refractivity contribution is -0.154. The Morgan fingerprint density at radius 1 is 0.920 bits per heavy atom. The largest absolute Gasteiger partial charge is 0.480 e. The number of carbonyl (C=O) groups is 3. The van der Waals surface area contributed by atoms with Gasteiger partial charge in [0, 0.05) is 5.69 Å². The second-order valence-electron chi connectivity index (χ2n) is 6.64. The number of benzene rings is 1. The van der Waals surface area contributed by atoms with Gasteiger partial charge in [-0.15, -0.1) is 0 Å². The lowest BCUT2D eigenvalue weighted by atomic mass is 9.95. The molecule has 2 atom stereocenters. The zero-order valence-electron chi connectivity index (χ0n) is 15.0. The molecule has 1 aromatic rings. The zero-order valence-corrected chi connectivity index (χ0v) is 15.0. The van der Waals surface area contributed by atoms with Crippen LogP contribution < -0.4 is 5.32 Å². The SMILES string of the molecule is CC(C)C(C(=O)O)N(CC(=O)Nc1ccccc1)C(C(=O)O)C(C)C. The van der Waals surface area contributed by atoms with Crippen LogP contribution in [0.4, 0.5) is 5.69 Å². The molecule has 1 rings (SSSR count). The number of amides is 1. The average Bonchev–Trinajstić information content (AvgIpc) is 2.46. The molecular formula is C18H26N2O5. The molecule has 0 aliphatic rings. The minimum absolute atomic E-state index is 0.320. The Morgan fingerprint density at radius 2 is 1.36 bits per heavy atom. The van der Waals surface area contributed by atoms with E-state index in [0.717, 1.165) is 0 Å². The van der Waals surface area contributed by atoms with Crippen molar-refractivity contribution in [2.45, 2.75) is 39.8 Å². The van der Waals surface area contributed by atoms with E-state index in [0.29, 0.717) is 5.69 Å². The molecule has 3 N–H and O–H groups in total. The lowest BCUT2D eigenvalue weighted by Crippen LogP contribution is -2.57. The van der Waals surface area contributed by atoms with Crippen LogP contribution >= 0.6 is 0 Å². The highest BCUT2D eigenvalue weighted by atomic mass is 16.4. The molecule has 0 saturated heterocycles. The molecule has 0 bridgehead atoms. The van der Waals surface area contributed by atoms with Crippen molar-refractivity contribution < 1.29 is 24.6 Å². The fourth-order valence-electron chi connectivity index (χ4n) is 2.88. The maximum absolute atomic E-state index is 12.4. The second kappa shape index (κ2) is 9.17. The third-order valence-corrected chi connectivity index (χ3v) is 3.87. The fourth-order valence-corrected chi connectivity index (χ4v) is 2.88. The maximum atomic E-state index is 12.4. The summed E-state index contributed by atoms with van der Waals surface area (Å²) in [5.74, 6) is -3.46. The molecule has 0 aliphatic heterocycles. The van der Waals surface area contributed by atoms with Crippen molar-refractivity contribution in [3.05, 3.63) is 30.3 Å². The molecule has 1 aromatic carbocycles. The third kappa shape index (κ3) is 5.86. The Bertz CT molecular complexity index is 575. The number of para-hydroxylation sites is 1. The minimum Gasteiger partial charge on any atom is -0.480 e. The quantitative estimate of drug-likeness (QED) is 0.630.